The molecule has 5 atom stereocenters. The number of carbonyl (C=O) groups is 3. The Morgan fingerprint density at radius 3 is 2.19 bits per heavy atom. The van der Waals surface area contributed by atoms with Crippen LogP contribution in [0.2, 0.25) is 0 Å². The van der Waals surface area contributed by atoms with Gasteiger partial charge >= 0.3 is 0 Å². The topological polar surface area (TPSA) is 162 Å². The van der Waals surface area contributed by atoms with Gasteiger partial charge in [0, 0.05) is 11.3 Å². The number of Topliss-reactive ketones (excluding diaryl/α,β-unsaturated/α-hetero) is 3. The molecular weight excluding hydrogens is 540 g/mol. The number of phenolic OH excluding ortho intramolecular Hbond substituents is 1. The Balaban J connectivity index is 1.93. The number of carbonyl (C=O) groups excluding carboxylic acids is 3. The van der Waals surface area contributed by atoms with E-state index in [4.69, 9.17) is 4.74 Å². The molecule has 0 bridgehead atoms. The Bertz CT molecular complexity index is 1640. The third kappa shape index (κ3) is 3.41. The molecule has 1 saturated carbocycles. The molecular formula is C33H34O9. The number of ketones is 3. The Labute approximate surface area is 243 Å². The van der Waals surface area contributed by atoms with Crippen molar-refractivity contribution in [3.8, 4) is 11.5 Å². The van der Waals surface area contributed by atoms with Crippen LogP contribution in [0.25, 0.3) is 17.4 Å². The third-order valence-electron chi connectivity index (χ3n) is 9.54. The zero-order valence-electron chi connectivity index (χ0n) is 24.2. The zero-order valence-corrected chi connectivity index (χ0v) is 24.2. The van der Waals surface area contributed by atoms with Gasteiger partial charge in [0.25, 0.3) is 0 Å². The van der Waals surface area contributed by atoms with Gasteiger partial charge in [-0.2, -0.15) is 0 Å². The largest absolute Gasteiger partial charge is 0.508 e. The van der Waals surface area contributed by atoms with E-state index < -0.39 is 74.4 Å². The van der Waals surface area contributed by atoms with Gasteiger partial charge in [-0.3, -0.25) is 14.4 Å². The number of aliphatic hydroxyl groups is 4. The lowest BCUT2D eigenvalue weighted by molar-refractivity contribution is -0.207. The van der Waals surface area contributed by atoms with Gasteiger partial charge < -0.3 is 30.3 Å². The second kappa shape index (κ2) is 9.40. The number of methoxy groups -OCH3 is 1. The smallest absolute Gasteiger partial charge is 0.203 e. The van der Waals surface area contributed by atoms with E-state index in [0.717, 1.165) is 6.92 Å². The molecule has 0 spiro atoms. The molecule has 5 rings (SSSR count). The van der Waals surface area contributed by atoms with E-state index in [-0.39, 0.29) is 11.3 Å². The summed E-state index contributed by atoms with van der Waals surface area (Å²) in [5, 5.41) is 58.6. The number of aliphatic hydroxyl groups excluding tert-OH is 3. The highest BCUT2D eigenvalue weighted by Gasteiger charge is 2.76. The maximum absolute atomic E-state index is 14.6. The number of allylic oxidation sites excluding steroid dienone is 1. The predicted octanol–water partition coefficient (Wildman–Crippen LogP) is 4.17. The van der Waals surface area contributed by atoms with Crippen LogP contribution in [-0.2, 0) is 14.4 Å². The van der Waals surface area contributed by atoms with Crippen LogP contribution < -0.4 is 4.74 Å². The van der Waals surface area contributed by atoms with E-state index in [9.17, 15) is 39.9 Å². The summed E-state index contributed by atoms with van der Waals surface area (Å²) in [6.07, 6.45) is -0.0722. The van der Waals surface area contributed by atoms with Crippen molar-refractivity contribution in [3.05, 3.63) is 76.1 Å². The molecule has 0 amide bonds. The van der Waals surface area contributed by atoms with Crippen LogP contribution in [0.4, 0.5) is 0 Å². The molecule has 2 aromatic rings. The number of ether oxygens (including phenoxy) is 1. The van der Waals surface area contributed by atoms with Gasteiger partial charge in [0.1, 0.15) is 28.6 Å². The van der Waals surface area contributed by atoms with Crippen molar-refractivity contribution in [2.24, 2.45) is 22.7 Å². The molecule has 2 aromatic carbocycles. The first-order valence-electron chi connectivity index (χ1n) is 13.7. The normalized spacial score (nSPS) is 31.7. The molecule has 0 heterocycles. The van der Waals surface area contributed by atoms with Crippen LogP contribution in [0.15, 0.2) is 59.4 Å². The maximum atomic E-state index is 14.6. The molecule has 1 unspecified atom stereocenters. The van der Waals surface area contributed by atoms with Crippen molar-refractivity contribution in [2.45, 2.75) is 46.3 Å². The van der Waals surface area contributed by atoms with Gasteiger partial charge in [-0.1, -0.05) is 51.1 Å². The predicted molar refractivity (Wildman–Crippen MR) is 154 cm³/mol. The summed E-state index contributed by atoms with van der Waals surface area (Å²) in [7, 11) is 1.53. The third-order valence-corrected chi connectivity index (χ3v) is 9.54. The average Bonchev–Trinajstić information content (AvgIpc) is 2.92. The van der Waals surface area contributed by atoms with E-state index >= 15 is 0 Å². The van der Waals surface area contributed by atoms with Crippen molar-refractivity contribution < 1.29 is 44.7 Å². The molecule has 9 nitrogen and oxygen atoms in total. The Kier molecular flexibility index (Phi) is 6.56. The maximum Gasteiger partial charge on any atom is 0.203 e. The number of aromatic hydroxyl groups is 1. The minimum atomic E-state index is -2.95. The van der Waals surface area contributed by atoms with E-state index in [0.29, 0.717) is 22.4 Å². The van der Waals surface area contributed by atoms with Crippen molar-refractivity contribution in [2.75, 3.05) is 7.11 Å². The van der Waals surface area contributed by atoms with Gasteiger partial charge in [-0.05, 0) is 54.7 Å². The van der Waals surface area contributed by atoms with E-state index in [1.54, 1.807) is 56.3 Å². The molecule has 1 fully saturated rings. The van der Waals surface area contributed by atoms with Crippen LogP contribution in [0.1, 0.15) is 51.3 Å². The zero-order chi connectivity index (χ0) is 31.1. The lowest BCUT2D eigenvalue weighted by Crippen LogP contribution is -2.75. The van der Waals surface area contributed by atoms with Gasteiger partial charge in [-0.25, -0.2) is 0 Å². The lowest BCUT2D eigenvalue weighted by Gasteiger charge is -2.62. The van der Waals surface area contributed by atoms with Crippen molar-refractivity contribution >= 4 is 34.8 Å². The fourth-order valence-electron chi connectivity index (χ4n) is 7.56. The standard InChI is InChI=1S/C33H34O9/c1-15(2)24-26(36)22(16(3)34)28(38)33(41)29(39)25-27(37)23-19(8-7-9-21(23)35)20(31(25,4)30(40)32(24,33)5)14-17-10-12-18(42-6)13-11-17/h7-15,24,30,35,37-38,40-41H,1-6H3/b20-14+/t24?,30-,31+,32+,33+/m1/s1. The van der Waals surface area contributed by atoms with Crippen LogP contribution in [0.5, 0.6) is 11.5 Å². The van der Waals surface area contributed by atoms with E-state index in [2.05, 4.69) is 0 Å². The highest BCUT2D eigenvalue weighted by Crippen LogP contribution is 2.67. The Hall–Kier alpha value is -4.21. The summed E-state index contributed by atoms with van der Waals surface area (Å²) in [6, 6.07) is 11.4. The first-order chi connectivity index (χ1) is 19.6. The molecule has 3 aliphatic rings. The summed E-state index contributed by atoms with van der Waals surface area (Å²) in [5.74, 6) is -6.28. The summed E-state index contributed by atoms with van der Waals surface area (Å²) >= 11 is 0. The summed E-state index contributed by atoms with van der Waals surface area (Å²) in [4.78, 5) is 41.0. The van der Waals surface area contributed by atoms with Gasteiger partial charge in [0.05, 0.1) is 29.8 Å². The number of hydrogen-bond acceptors (Lipinski definition) is 9. The SMILES string of the molecule is COc1ccc(/C=C2\c3cccc(O)c3C(O)=C3C(=O)[C@@]4(O)C(O)=C(C(C)=O)C(=O)C(C(C)C)[C@@]4(C)[C@H](O)[C@]32C)cc1. The van der Waals surface area contributed by atoms with Crippen LogP contribution >= 0.6 is 0 Å². The number of hydrogen-bond donors (Lipinski definition) is 5. The molecule has 42 heavy (non-hydrogen) atoms. The fraction of sp³-hybridized carbons (Fsp3) is 0.364. The molecule has 220 valence electrons. The van der Waals surface area contributed by atoms with E-state index in [1.807, 2.05) is 0 Å². The van der Waals surface area contributed by atoms with Crippen molar-refractivity contribution in [1.29, 1.82) is 0 Å². The monoisotopic (exact) mass is 574 g/mol. The second-order valence-electron chi connectivity index (χ2n) is 12.0. The fourth-order valence-corrected chi connectivity index (χ4v) is 7.56. The number of rotatable bonds is 4. The molecule has 0 saturated heterocycles. The minimum absolute atomic E-state index is 0.0972. The molecule has 3 aliphatic carbocycles. The lowest BCUT2D eigenvalue weighted by atomic mass is 9.41. The molecule has 0 aliphatic heterocycles. The van der Waals surface area contributed by atoms with Crippen LogP contribution in [0.3, 0.4) is 0 Å². The van der Waals surface area contributed by atoms with E-state index in [1.165, 1.54) is 27.0 Å². The van der Waals surface area contributed by atoms with Crippen molar-refractivity contribution in [3.63, 3.8) is 0 Å². The highest BCUT2D eigenvalue weighted by molar-refractivity contribution is 6.25. The molecule has 9 heteroatoms. The van der Waals surface area contributed by atoms with Crippen molar-refractivity contribution in [1.82, 2.24) is 0 Å². The van der Waals surface area contributed by atoms with Gasteiger partial charge in [0.2, 0.25) is 5.78 Å². The first-order valence-corrected chi connectivity index (χ1v) is 13.7. The molecule has 0 aromatic heterocycles. The average molecular weight is 575 g/mol. The summed E-state index contributed by atoms with van der Waals surface area (Å²) < 4.78 is 5.25. The summed E-state index contributed by atoms with van der Waals surface area (Å²) in [5.41, 5.74) is -6.76. The van der Waals surface area contributed by atoms with Gasteiger partial charge in [0.15, 0.2) is 17.2 Å². The molecule has 0 radical (unpaired) electrons. The number of phenols is 1. The first kappa shape index (κ1) is 29.3. The van der Waals surface area contributed by atoms with Gasteiger partial charge in [-0.15, -0.1) is 0 Å². The Morgan fingerprint density at radius 1 is 1.02 bits per heavy atom. The van der Waals surface area contributed by atoms with Crippen LogP contribution in [-0.4, -0.2) is 61.7 Å². The Morgan fingerprint density at radius 2 is 1.64 bits per heavy atom. The summed E-state index contributed by atoms with van der Waals surface area (Å²) in [6.45, 7) is 7.25. The number of benzene rings is 2. The minimum Gasteiger partial charge on any atom is -0.508 e. The second-order valence-corrected chi connectivity index (χ2v) is 12.0. The molecule has 5 N–H and O–H groups in total. The quantitative estimate of drug-likeness (QED) is 0.338. The number of fused-ring (bicyclic) bond motifs is 3. The highest BCUT2D eigenvalue weighted by atomic mass is 16.5. The van der Waals surface area contributed by atoms with Crippen LogP contribution in [0, 0.1) is 22.7 Å².